The van der Waals surface area contributed by atoms with Crippen molar-refractivity contribution >= 4 is 26.7 Å². The second-order valence-corrected chi connectivity index (χ2v) is 10.4. The van der Waals surface area contributed by atoms with Crippen molar-refractivity contribution < 1.29 is 17.9 Å². The quantitative estimate of drug-likeness (QED) is 0.491. The first-order valence-corrected chi connectivity index (χ1v) is 13.0. The third-order valence-corrected chi connectivity index (χ3v) is 7.35. The molecule has 1 unspecified atom stereocenters. The van der Waals surface area contributed by atoms with Gasteiger partial charge in [-0.25, -0.2) is 13.1 Å². The van der Waals surface area contributed by atoms with Gasteiger partial charge in [0.25, 0.3) is 0 Å². The Hall–Kier alpha value is -2.78. The fourth-order valence-corrected chi connectivity index (χ4v) is 5.20. The SMILES string of the molecule is CC1CN(Cc2cccc(CNC(=O)CCNS(=O)(=O)c3ccc4ccccc4c3)c2)CCO1. The van der Waals surface area contributed by atoms with Gasteiger partial charge >= 0.3 is 0 Å². The lowest BCUT2D eigenvalue weighted by molar-refractivity contribution is -0.121. The normalized spacial score (nSPS) is 17.0. The van der Waals surface area contributed by atoms with E-state index in [1.165, 1.54) is 5.56 Å². The molecule has 34 heavy (non-hydrogen) atoms. The summed E-state index contributed by atoms with van der Waals surface area (Å²) in [5.74, 6) is -0.200. The molecule has 2 N–H and O–H groups in total. The van der Waals surface area contributed by atoms with Gasteiger partial charge in [0.1, 0.15) is 0 Å². The van der Waals surface area contributed by atoms with E-state index in [0.29, 0.717) is 6.54 Å². The van der Waals surface area contributed by atoms with Crippen LogP contribution in [0.4, 0.5) is 0 Å². The second-order valence-electron chi connectivity index (χ2n) is 8.67. The molecule has 1 aliphatic rings. The molecule has 0 aromatic heterocycles. The molecule has 8 heteroatoms. The lowest BCUT2D eigenvalue weighted by Crippen LogP contribution is -2.40. The highest BCUT2D eigenvalue weighted by atomic mass is 32.2. The van der Waals surface area contributed by atoms with Gasteiger partial charge in [-0.15, -0.1) is 0 Å². The van der Waals surface area contributed by atoms with Crippen molar-refractivity contribution in [2.24, 2.45) is 0 Å². The average molecular weight is 482 g/mol. The number of rotatable bonds is 9. The molecular weight excluding hydrogens is 450 g/mol. The molecule has 1 saturated heterocycles. The predicted octanol–water partition coefficient (Wildman–Crippen LogP) is 3.05. The number of carbonyl (C=O) groups excluding carboxylic acids is 1. The standard InChI is InChI=1S/C26H31N3O4S/c1-20-18-29(13-14-33-20)19-22-6-4-5-21(15-22)17-27-26(30)11-12-28-34(31,32)25-10-9-23-7-2-3-8-24(23)16-25/h2-10,15-16,20,28H,11-14,17-19H2,1H3,(H,27,30). The maximum Gasteiger partial charge on any atom is 0.240 e. The molecule has 0 aliphatic carbocycles. The third kappa shape index (κ3) is 6.64. The zero-order valence-electron chi connectivity index (χ0n) is 19.4. The molecule has 0 radical (unpaired) electrons. The summed E-state index contributed by atoms with van der Waals surface area (Å²) in [7, 11) is -3.68. The van der Waals surface area contributed by atoms with E-state index >= 15 is 0 Å². The Kier molecular flexibility index (Phi) is 7.95. The van der Waals surface area contributed by atoms with Gasteiger partial charge in [0.05, 0.1) is 17.6 Å². The third-order valence-electron chi connectivity index (χ3n) is 5.89. The zero-order valence-corrected chi connectivity index (χ0v) is 20.2. The van der Waals surface area contributed by atoms with Crippen LogP contribution in [0.1, 0.15) is 24.5 Å². The van der Waals surface area contributed by atoms with E-state index in [2.05, 4.69) is 34.0 Å². The van der Waals surface area contributed by atoms with Crippen LogP contribution in [0.5, 0.6) is 0 Å². The van der Waals surface area contributed by atoms with Crippen LogP contribution < -0.4 is 10.0 Å². The Morgan fingerprint density at radius 1 is 1.03 bits per heavy atom. The van der Waals surface area contributed by atoms with Crippen molar-refractivity contribution in [1.82, 2.24) is 14.9 Å². The van der Waals surface area contributed by atoms with Gasteiger partial charge in [-0.2, -0.15) is 0 Å². The smallest absolute Gasteiger partial charge is 0.240 e. The van der Waals surface area contributed by atoms with Crippen LogP contribution >= 0.6 is 0 Å². The summed E-state index contributed by atoms with van der Waals surface area (Å²) in [6.45, 7) is 5.96. The first-order valence-electron chi connectivity index (χ1n) is 11.6. The molecule has 1 aliphatic heterocycles. The number of sulfonamides is 1. The molecule has 0 saturated carbocycles. The largest absolute Gasteiger partial charge is 0.376 e. The molecule has 7 nitrogen and oxygen atoms in total. The maximum atomic E-state index is 12.6. The van der Waals surface area contributed by atoms with Crippen molar-refractivity contribution in [1.29, 1.82) is 0 Å². The van der Waals surface area contributed by atoms with E-state index in [1.807, 2.05) is 36.4 Å². The molecule has 4 rings (SSSR count). The van der Waals surface area contributed by atoms with E-state index in [0.717, 1.165) is 42.6 Å². The first kappa shape index (κ1) is 24.3. The number of ether oxygens (including phenoxy) is 1. The van der Waals surface area contributed by atoms with Crippen LogP contribution in [0.15, 0.2) is 71.6 Å². The molecule has 1 amide bonds. The number of amides is 1. The highest BCUT2D eigenvalue weighted by molar-refractivity contribution is 7.89. The summed E-state index contributed by atoms with van der Waals surface area (Å²) in [5.41, 5.74) is 2.22. The average Bonchev–Trinajstić information content (AvgIpc) is 2.82. The minimum Gasteiger partial charge on any atom is -0.376 e. The molecule has 0 spiro atoms. The van der Waals surface area contributed by atoms with Crippen molar-refractivity contribution in [3.05, 3.63) is 77.9 Å². The number of nitrogens with one attached hydrogen (secondary N) is 2. The summed E-state index contributed by atoms with van der Waals surface area (Å²) >= 11 is 0. The van der Waals surface area contributed by atoms with Gasteiger partial charge in [-0.1, -0.05) is 54.6 Å². The van der Waals surface area contributed by atoms with Crippen molar-refractivity contribution in [2.75, 3.05) is 26.2 Å². The topological polar surface area (TPSA) is 87.7 Å². The lowest BCUT2D eigenvalue weighted by atomic mass is 10.1. The molecular formula is C26H31N3O4S. The van der Waals surface area contributed by atoms with Crippen LogP contribution in [0.3, 0.4) is 0 Å². The van der Waals surface area contributed by atoms with Crippen LogP contribution in [-0.2, 0) is 32.6 Å². The number of fused-ring (bicyclic) bond motifs is 1. The van der Waals surface area contributed by atoms with E-state index < -0.39 is 10.0 Å². The van der Waals surface area contributed by atoms with Gasteiger partial charge in [0, 0.05) is 39.1 Å². The van der Waals surface area contributed by atoms with Crippen LogP contribution in [0.2, 0.25) is 0 Å². The van der Waals surface area contributed by atoms with Gasteiger partial charge < -0.3 is 10.1 Å². The number of morpholine rings is 1. The van der Waals surface area contributed by atoms with E-state index in [-0.39, 0.29) is 29.9 Å². The van der Waals surface area contributed by atoms with Crippen molar-refractivity contribution in [2.45, 2.75) is 37.4 Å². The summed E-state index contributed by atoms with van der Waals surface area (Å²) in [4.78, 5) is 14.8. The maximum absolute atomic E-state index is 12.6. The number of hydrogen-bond donors (Lipinski definition) is 2. The number of hydrogen-bond acceptors (Lipinski definition) is 5. The van der Waals surface area contributed by atoms with E-state index in [1.54, 1.807) is 18.2 Å². The number of benzene rings is 3. The second kappa shape index (κ2) is 11.1. The molecule has 0 bridgehead atoms. The number of carbonyl (C=O) groups is 1. The Labute approximate surface area is 201 Å². The molecule has 1 atom stereocenters. The Balaban J connectivity index is 1.24. The monoisotopic (exact) mass is 481 g/mol. The summed E-state index contributed by atoms with van der Waals surface area (Å²) < 4.78 is 33.3. The van der Waals surface area contributed by atoms with Crippen LogP contribution in [0.25, 0.3) is 10.8 Å². The fourth-order valence-electron chi connectivity index (χ4n) is 4.14. The Morgan fingerprint density at radius 3 is 2.65 bits per heavy atom. The van der Waals surface area contributed by atoms with Crippen molar-refractivity contribution in [3.8, 4) is 0 Å². The van der Waals surface area contributed by atoms with Gasteiger partial charge in [-0.05, 0) is 41.0 Å². The first-order chi connectivity index (χ1) is 16.4. The zero-order chi connectivity index (χ0) is 24.0. The minimum atomic E-state index is -3.68. The van der Waals surface area contributed by atoms with Gasteiger partial charge in [-0.3, -0.25) is 9.69 Å². The van der Waals surface area contributed by atoms with Crippen LogP contribution in [-0.4, -0.2) is 51.6 Å². The molecule has 3 aromatic rings. The van der Waals surface area contributed by atoms with Gasteiger partial charge in [0.2, 0.25) is 15.9 Å². The minimum absolute atomic E-state index is 0.0379. The van der Waals surface area contributed by atoms with Crippen LogP contribution in [0, 0.1) is 0 Å². The predicted molar refractivity (Wildman–Crippen MR) is 133 cm³/mol. The molecule has 1 fully saturated rings. The fraction of sp³-hybridized carbons (Fsp3) is 0.346. The van der Waals surface area contributed by atoms with E-state index in [4.69, 9.17) is 4.74 Å². The molecule has 1 heterocycles. The summed E-state index contributed by atoms with van der Waals surface area (Å²) in [6, 6.07) is 20.8. The number of nitrogens with zero attached hydrogens (tertiary/aromatic N) is 1. The van der Waals surface area contributed by atoms with Gasteiger partial charge in [0.15, 0.2) is 0 Å². The van der Waals surface area contributed by atoms with Crippen molar-refractivity contribution in [3.63, 3.8) is 0 Å². The Bertz CT molecular complexity index is 1250. The summed E-state index contributed by atoms with van der Waals surface area (Å²) in [6.07, 6.45) is 0.313. The van der Waals surface area contributed by atoms with E-state index in [9.17, 15) is 13.2 Å². The molecule has 180 valence electrons. The summed E-state index contributed by atoms with van der Waals surface area (Å²) in [5, 5.41) is 4.71. The lowest BCUT2D eigenvalue weighted by Gasteiger charge is -2.31. The highest BCUT2D eigenvalue weighted by Gasteiger charge is 2.17. The Morgan fingerprint density at radius 2 is 1.82 bits per heavy atom. The molecule has 3 aromatic carbocycles. The highest BCUT2D eigenvalue weighted by Crippen LogP contribution is 2.19.